The van der Waals surface area contributed by atoms with Crippen molar-refractivity contribution in [3.8, 4) is 0 Å². The van der Waals surface area contributed by atoms with E-state index in [1.165, 1.54) is 35.2 Å². The van der Waals surface area contributed by atoms with Crippen LogP contribution in [0.15, 0.2) is 12.1 Å². The molecule has 0 aliphatic carbocycles. The average Bonchev–Trinajstić information content (AvgIpc) is 2.69. The number of rotatable bonds is 5. The molecule has 5 nitrogen and oxygen atoms in total. The largest absolute Gasteiger partial charge is 0.379 e. The Morgan fingerprint density at radius 2 is 1.71 bits per heavy atom. The standard InChI is InChI=1S/C22H36N4OS/c1-17-15-18(2)21(19(3)16-17)23-22(28)26-7-5-20(6-8-26)24(4)9-10-25-11-13-27-14-12-25/h15-16,20H,5-14H2,1-4H3,(H,23,28). The van der Waals surface area contributed by atoms with Gasteiger partial charge >= 0.3 is 0 Å². The predicted molar refractivity (Wildman–Crippen MR) is 121 cm³/mol. The van der Waals surface area contributed by atoms with Crippen molar-refractivity contribution in [2.24, 2.45) is 0 Å². The fourth-order valence-corrected chi connectivity index (χ4v) is 4.66. The Morgan fingerprint density at radius 1 is 1.11 bits per heavy atom. The molecule has 6 heteroatoms. The van der Waals surface area contributed by atoms with Crippen molar-refractivity contribution in [3.05, 3.63) is 28.8 Å². The fourth-order valence-electron chi connectivity index (χ4n) is 4.38. The zero-order valence-electron chi connectivity index (χ0n) is 18.0. The molecule has 2 heterocycles. The molecule has 2 saturated heterocycles. The normalized spacial score (nSPS) is 19.2. The molecule has 2 fully saturated rings. The van der Waals surface area contributed by atoms with E-state index < -0.39 is 0 Å². The Bertz CT molecular complexity index is 643. The summed E-state index contributed by atoms with van der Waals surface area (Å²) in [4.78, 5) is 7.39. The van der Waals surface area contributed by atoms with Crippen molar-refractivity contribution < 1.29 is 4.74 Å². The lowest BCUT2D eigenvalue weighted by Crippen LogP contribution is -2.48. The van der Waals surface area contributed by atoms with E-state index >= 15 is 0 Å². The predicted octanol–water partition coefficient (Wildman–Crippen LogP) is 3.04. The van der Waals surface area contributed by atoms with Gasteiger partial charge in [-0.05, 0) is 64.0 Å². The minimum Gasteiger partial charge on any atom is -0.379 e. The second-order valence-electron chi connectivity index (χ2n) is 8.36. The first-order valence-corrected chi connectivity index (χ1v) is 11.0. The van der Waals surface area contributed by atoms with Crippen LogP contribution in [0.2, 0.25) is 0 Å². The van der Waals surface area contributed by atoms with Crippen molar-refractivity contribution in [1.82, 2.24) is 14.7 Å². The number of anilines is 1. The second kappa shape index (κ2) is 10.0. The highest BCUT2D eigenvalue weighted by atomic mass is 32.1. The van der Waals surface area contributed by atoms with Crippen LogP contribution in [0.25, 0.3) is 0 Å². The van der Waals surface area contributed by atoms with Gasteiger partial charge in [0.2, 0.25) is 0 Å². The number of benzene rings is 1. The molecule has 1 aromatic carbocycles. The molecule has 0 unspecified atom stereocenters. The smallest absolute Gasteiger partial charge is 0.173 e. The minimum atomic E-state index is 0.655. The molecule has 156 valence electrons. The summed E-state index contributed by atoms with van der Waals surface area (Å²) in [5.74, 6) is 0. The monoisotopic (exact) mass is 404 g/mol. The minimum absolute atomic E-state index is 0.655. The molecule has 2 aliphatic rings. The zero-order chi connectivity index (χ0) is 20.1. The highest BCUT2D eigenvalue weighted by molar-refractivity contribution is 7.80. The van der Waals surface area contributed by atoms with Gasteiger partial charge < -0.3 is 19.9 Å². The summed E-state index contributed by atoms with van der Waals surface area (Å²) < 4.78 is 5.44. The number of hydrogen-bond acceptors (Lipinski definition) is 4. The first kappa shape index (κ1) is 21.5. The van der Waals surface area contributed by atoms with Crippen molar-refractivity contribution in [1.29, 1.82) is 0 Å². The van der Waals surface area contributed by atoms with E-state index in [2.05, 4.69) is 60.0 Å². The molecule has 0 amide bonds. The highest BCUT2D eigenvalue weighted by Crippen LogP contribution is 2.23. The second-order valence-corrected chi connectivity index (χ2v) is 8.74. The number of thiocarbonyl (C=S) groups is 1. The SMILES string of the molecule is Cc1cc(C)c(NC(=S)N2CCC(N(C)CCN3CCOCC3)CC2)c(C)c1. The lowest BCUT2D eigenvalue weighted by molar-refractivity contribution is 0.0311. The van der Waals surface area contributed by atoms with Gasteiger partial charge in [0.1, 0.15) is 0 Å². The van der Waals surface area contributed by atoms with Crippen molar-refractivity contribution in [3.63, 3.8) is 0 Å². The maximum atomic E-state index is 5.73. The molecule has 1 N–H and O–H groups in total. The molecular weight excluding hydrogens is 368 g/mol. The molecule has 3 rings (SSSR count). The third-order valence-corrected chi connectivity index (χ3v) is 6.52. The van der Waals surface area contributed by atoms with E-state index in [9.17, 15) is 0 Å². The van der Waals surface area contributed by atoms with Gasteiger partial charge in [-0.1, -0.05) is 17.7 Å². The maximum Gasteiger partial charge on any atom is 0.173 e. The summed E-state index contributed by atoms with van der Waals surface area (Å²) in [6, 6.07) is 5.09. The summed E-state index contributed by atoms with van der Waals surface area (Å²) in [6.07, 6.45) is 2.35. The number of hydrogen-bond donors (Lipinski definition) is 1. The third kappa shape index (κ3) is 5.66. The summed E-state index contributed by atoms with van der Waals surface area (Å²) in [5.41, 5.74) is 4.99. The Morgan fingerprint density at radius 3 is 2.32 bits per heavy atom. The van der Waals surface area contributed by atoms with Crippen molar-refractivity contribution in [2.75, 3.05) is 64.8 Å². The molecule has 0 aromatic heterocycles. The molecule has 0 spiro atoms. The molecule has 2 aliphatic heterocycles. The third-order valence-electron chi connectivity index (χ3n) is 6.16. The number of nitrogens with one attached hydrogen (secondary N) is 1. The van der Waals surface area contributed by atoms with Gasteiger partial charge in [0, 0.05) is 51.0 Å². The van der Waals surface area contributed by atoms with Crippen LogP contribution in [0.4, 0.5) is 5.69 Å². The van der Waals surface area contributed by atoms with Crippen LogP contribution in [0.1, 0.15) is 29.5 Å². The topological polar surface area (TPSA) is 31.0 Å². The van der Waals surface area contributed by atoms with Crippen LogP contribution in [0, 0.1) is 20.8 Å². The summed E-state index contributed by atoms with van der Waals surface area (Å²) in [5, 5.41) is 4.38. The number of ether oxygens (including phenoxy) is 1. The summed E-state index contributed by atoms with van der Waals surface area (Å²) >= 11 is 5.73. The number of aryl methyl sites for hydroxylation is 3. The number of likely N-dealkylation sites (tertiary alicyclic amines) is 1. The zero-order valence-corrected chi connectivity index (χ0v) is 18.8. The van der Waals surface area contributed by atoms with Crippen molar-refractivity contribution >= 4 is 23.0 Å². The van der Waals surface area contributed by atoms with E-state index in [4.69, 9.17) is 17.0 Å². The Hall–Kier alpha value is -1.21. The van der Waals surface area contributed by atoms with Gasteiger partial charge in [-0.2, -0.15) is 0 Å². The molecule has 1 aromatic rings. The lowest BCUT2D eigenvalue weighted by Gasteiger charge is -2.39. The quantitative estimate of drug-likeness (QED) is 0.759. The van der Waals surface area contributed by atoms with Gasteiger partial charge in [0.05, 0.1) is 13.2 Å². The molecule has 0 atom stereocenters. The summed E-state index contributed by atoms with van der Waals surface area (Å²) in [7, 11) is 2.27. The number of likely N-dealkylation sites (N-methyl/N-ethyl adjacent to an activating group) is 1. The van der Waals surface area contributed by atoms with Crippen LogP contribution in [0.5, 0.6) is 0 Å². The van der Waals surface area contributed by atoms with Crippen LogP contribution in [-0.4, -0.2) is 85.4 Å². The van der Waals surface area contributed by atoms with E-state index in [1.807, 2.05) is 0 Å². The number of morpholine rings is 1. The number of nitrogens with zero attached hydrogens (tertiary/aromatic N) is 3. The average molecular weight is 405 g/mol. The molecule has 28 heavy (non-hydrogen) atoms. The fraction of sp³-hybridized carbons (Fsp3) is 0.682. The van der Waals surface area contributed by atoms with Gasteiger partial charge in [-0.25, -0.2) is 0 Å². The van der Waals surface area contributed by atoms with Gasteiger partial charge in [0.25, 0.3) is 0 Å². The van der Waals surface area contributed by atoms with Crippen LogP contribution >= 0.6 is 12.2 Å². The molecule has 0 radical (unpaired) electrons. The van der Waals surface area contributed by atoms with E-state index in [-0.39, 0.29) is 0 Å². The van der Waals surface area contributed by atoms with Gasteiger partial charge in [-0.3, -0.25) is 4.90 Å². The van der Waals surface area contributed by atoms with E-state index in [1.54, 1.807) is 0 Å². The first-order chi connectivity index (χ1) is 13.4. The van der Waals surface area contributed by atoms with Crippen LogP contribution in [-0.2, 0) is 4.74 Å². The summed E-state index contributed by atoms with van der Waals surface area (Å²) in [6.45, 7) is 14.7. The first-order valence-electron chi connectivity index (χ1n) is 10.6. The van der Waals surface area contributed by atoms with Crippen LogP contribution in [0.3, 0.4) is 0 Å². The maximum absolute atomic E-state index is 5.73. The highest BCUT2D eigenvalue weighted by Gasteiger charge is 2.24. The molecule has 0 bridgehead atoms. The van der Waals surface area contributed by atoms with Gasteiger partial charge in [0.15, 0.2) is 5.11 Å². The Balaban J connectivity index is 1.44. The lowest BCUT2D eigenvalue weighted by atomic mass is 10.0. The van der Waals surface area contributed by atoms with E-state index in [0.717, 1.165) is 57.6 Å². The van der Waals surface area contributed by atoms with Gasteiger partial charge in [-0.15, -0.1) is 0 Å². The van der Waals surface area contributed by atoms with Crippen LogP contribution < -0.4 is 5.32 Å². The molecule has 0 saturated carbocycles. The molecular formula is C22H36N4OS. The van der Waals surface area contributed by atoms with Crippen molar-refractivity contribution in [2.45, 2.75) is 39.7 Å². The number of piperidine rings is 1. The Labute approximate surface area is 176 Å². The van der Waals surface area contributed by atoms with E-state index in [0.29, 0.717) is 6.04 Å². The Kier molecular flexibility index (Phi) is 7.69.